The van der Waals surface area contributed by atoms with Gasteiger partial charge < -0.3 is 24.9 Å². The molecular weight excluding hydrogens is 799 g/mol. The molecule has 4 amide bonds. The largest absolute Gasteiger partial charge is 0.444 e. The third-order valence-electron chi connectivity index (χ3n) is 13.6. The van der Waals surface area contributed by atoms with Crippen LogP contribution in [-0.2, 0) is 20.9 Å². The number of oxazole rings is 1. The fourth-order valence-corrected chi connectivity index (χ4v) is 9.82. The summed E-state index contributed by atoms with van der Waals surface area (Å²) in [4.78, 5) is 66.1. The zero-order valence-corrected chi connectivity index (χ0v) is 35.2. The Hall–Kier alpha value is -5.55. The van der Waals surface area contributed by atoms with Crippen molar-refractivity contribution in [3.05, 3.63) is 71.5 Å². The maximum atomic E-state index is 14.2. The number of anilines is 3. The number of pyridine rings is 1. The molecule has 6 heterocycles. The summed E-state index contributed by atoms with van der Waals surface area (Å²) in [6.45, 7) is 4.51. The lowest BCUT2D eigenvalue weighted by atomic mass is 9.81. The van der Waals surface area contributed by atoms with Crippen LogP contribution in [0.15, 0.2) is 53.4 Å². The van der Waals surface area contributed by atoms with Gasteiger partial charge in [0.1, 0.15) is 12.1 Å². The fraction of sp³-hybridized carbons (Fsp3) is 0.533. The van der Waals surface area contributed by atoms with Crippen LogP contribution in [0.1, 0.15) is 110 Å². The van der Waals surface area contributed by atoms with E-state index >= 15 is 0 Å². The first-order chi connectivity index (χ1) is 30.0. The molecule has 62 heavy (non-hydrogen) atoms. The second-order valence-electron chi connectivity index (χ2n) is 17.9. The molecule has 0 spiro atoms. The summed E-state index contributed by atoms with van der Waals surface area (Å²) in [6, 6.07) is 10.1. The quantitative estimate of drug-likeness (QED) is 0.120. The predicted molar refractivity (Wildman–Crippen MR) is 226 cm³/mol. The Morgan fingerprint density at radius 1 is 1.00 bits per heavy atom. The predicted octanol–water partition coefficient (Wildman–Crippen LogP) is 6.39. The first kappa shape index (κ1) is 41.8. The number of fused-ring (bicyclic) bond motifs is 1. The van der Waals surface area contributed by atoms with Crippen molar-refractivity contribution >= 4 is 40.8 Å². The van der Waals surface area contributed by atoms with Crippen LogP contribution in [0.4, 0.5) is 26.0 Å². The lowest BCUT2D eigenvalue weighted by Crippen LogP contribution is -2.44. The average Bonchev–Trinajstić information content (AvgIpc) is 3.68. The van der Waals surface area contributed by atoms with Crippen LogP contribution in [-0.4, -0.2) is 99.5 Å². The summed E-state index contributed by atoms with van der Waals surface area (Å²) >= 11 is 0. The van der Waals surface area contributed by atoms with E-state index in [0.717, 1.165) is 88.1 Å². The highest BCUT2D eigenvalue weighted by Crippen LogP contribution is 2.44. The molecule has 0 bridgehead atoms. The number of carbonyl (C=O) groups is 4. The molecule has 3 aromatic heterocycles. The van der Waals surface area contributed by atoms with E-state index in [-0.39, 0.29) is 47.5 Å². The fourth-order valence-electron chi connectivity index (χ4n) is 9.82. The number of halogens is 2. The standard InChI is InChI=1S/C45H54F2N10O5/c1-54(30-14-17-56(18-15-30)23-28-7-10-32-36(19-28)55(2)45(61)39(32)33-11-12-38(58)52-42(33)59)22-27-5-8-31(9-6-27)57-24-34(40(53-57)41(46)47)50-43(60)35-25-62-44(51-35)29-13-16-48-37(20-29)49-21-26-3-4-26/h7,10,13,16,19-20,24-27,30-31,33,39,41H,3-6,8-9,11-12,14-15,17-18,21-23H2,1-2H3,(H,48,49)(H,50,60)(H,52,58,59)/t27-,31-,33?,39?. The molecule has 3 N–H and O–H groups in total. The van der Waals surface area contributed by atoms with E-state index in [1.165, 1.54) is 25.3 Å². The van der Waals surface area contributed by atoms with Crippen molar-refractivity contribution < 1.29 is 32.4 Å². The van der Waals surface area contributed by atoms with Crippen LogP contribution >= 0.6 is 0 Å². The zero-order chi connectivity index (χ0) is 43.1. The molecule has 2 saturated heterocycles. The molecule has 2 unspecified atom stereocenters. The van der Waals surface area contributed by atoms with Crippen molar-refractivity contribution in [1.82, 2.24) is 34.9 Å². The molecule has 15 nitrogen and oxygen atoms in total. The van der Waals surface area contributed by atoms with Gasteiger partial charge in [-0.25, -0.2) is 18.7 Å². The lowest BCUT2D eigenvalue weighted by molar-refractivity contribution is -0.139. The number of hydrogen-bond donors (Lipinski definition) is 3. The number of benzene rings is 1. The third-order valence-corrected chi connectivity index (χ3v) is 13.6. The molecule has 9 rings (SSSR count). The van der Waals surface area contributed by atoms with Gasteiger partial charge in [-0.05, 0) is 119 Å². The number of aromatic nitrogens is 4. The Labute approximate surface area is 359 Å². The smallest absolute Gasteiger partial charge is 0.284 e. The Balaban J connectivity index is 0.738. The lowest BCUT2D eigenvalue weighted by Gasteiger charge is -2.39. The molecule has 4 fully saturated rings. The van der Waals surface area contributed by atoms with Crippen molar-refractivity contribution in [3.63, 3.8) is 0 Å². The number of likely N-dealkylation sites (tertiary alicyclic amines) is 1. The minimum absolute atomic E-state index is 0.0264. The molecule has 1 aromatic carbocycles. The Morgan fingerprint density at radius 3 is 2.52 bits per heavy atom. The first-order valence-corrected chi connectivity index (χ1v) is 22.0. The molecule has 17 heteroatoms. The second kappa shape index (κ2) is 17.7. The van der Waals surface area contributed by atoms with E-state index in [1.54, 1.807) is 35.0 Å². The summed E-state index contributed by atoms with van der Waals surface area (Å²) < 4.78 is 35.6. The number of imide groups is 1. The number of nitrogens with zero attached hydrogens (tertiary/aromatic N) is 7. The third kappa shape index (κ3) is 9.00. The van der Waals surface area contributed by atoms with Crippen LogP contribution < -0.4 is 20.9 Å². The van der Waals surface area contributed by atoms with Gasteiger partial charge in [-0.2, -0.15) is 5.10 Å². The van der Waals surface area contributed by atoms with Crippen LogP contribution in [0.5, 0.6) is 0 Å². The van der Waals surface area contributed by atoms with Gasteiger partial charge in [-0.3, -0.25) is 34.1 Å². The molecular formula is C45H54F2N10O5. The highest BCUT2D eigenvalue weighted by Gasteiger charge is 2.45. The van der Waals surface area contributed by atoms with Gasteiger partial charge in [0.15, 0.2) is 11.4 Å². The van der Waals surface area contributed by atoms with E-state index in [9.17, 15) is 28.0 Å². The number of piperidine rings is 2. The minimum Gasteiger partial charge on any atom is -0.444 e. The average molecular weight is 853 g/mol. The van der Waals surface area contributed by atoms with Crippen LogP contribution in [0.25, 0.3) is 11.5 Å². The zero-order valence-electron chi connectivity index (χ0n) is 35.2. The van der Waals surface area contributed by atoms with E-state index in [1.807, 2.05) is 6.07 Å². The maximum Gasteiger partial charge on any atom is 0.284 e. The van der Waals surface area contributed by atoms with Gasteiger partial charge >= 0.3 is 0 Å². The summed E-state index contributed by atoms with van der Waals surface area (Å²) in [7, 11) is 3.96. The Morgan fingerprint density at radius 2 is 1.77 bits per heavy atom. The summed E-state index contributed by atoms with van der Waals surface area (Å²) in [5.41, 5.74) is 2.94. The number of hydrogen-bond acceptors (Lipinski definition) is 11. The van der Waals surface area contributed by atoms with Crippen LogP contribution in [0, 0.1) is 17.8 Å². The SMILES string of the molecule is CN1C(=O)C(C2CCC(=O)NC2=O)c2ccc(CN3CCC(N(C)C[C@H]4CC[C@H](n5cc(NC(=O)c6coc(-c7ccnc(NCC8CC8)c7)n6)c(C(F)F)n5)CC4)CC3)cc21. The summed E-state index contributed by atoms with van der Waals surface area (Å²) in [5, 5.41) is 12.6. The van der Waals surface area contributed by atoms with Gasteiger partial charge in [0.25, 0.3) is 12.3 Å². The number of nitrogens with one attached hydrogen (secondary N) is 3. The maximum absolute atomic E-state index is 14.2. The van der Waals surface area contributed by atoms with Gasteiger partial charge in [0.2, 0.25) is 23.6 Å². The van der Waals surface area contributed by atoms with Crippen molar-refractivity contribution in [2.24, 2.45) is 17.8 Å². The number of rotatable bonds is 14. The van der Waals surface area contributed by atoms with E-state index in [2.05, 4.69) is 60.0 Å². The van der Waals surface area contributed by atoms with Crippen molar-refractivity contribution in [1.29, 1.82) is 0 Å². The second-order valence-corrected chi connectivity index (χ2v) is 17.9. The molecule has 5 aliphatic rings. The van der Waals surface area contributed by atoms with E-state index < -0.39 is 29.9 Å². The molecule has 2 atom stereocenters. The molecule has 3 aliphatic heterocycles. The van der Waals surface area contributed by atoms with Gasteiger partial charge in [0, 0.05) is 62.8 Å². The number of amides is 4. The summed E-state index contributed by atoms with van der Waals surface area (Å²) in [5.74, 6) is -0.439. The minimum atomic E-state index is -2.87. The van der Waals surface area contributed by atoms with E-state index in [4.69, 9.17) is 4.42 Å². The van der Waals surface area contributed by atoms with Crippen molar-refractivity contribution in [2.75, 3.05) is 55.8 Å². The van der Waals surface area contributed by atoms with Crippen molar-refractivity contribution in [2.45, 2.75) is 95.2 Å². The molecule has 4 aromatic rings. The van der Waals surface area contributed by atoms with E-state index in [0.29, 0.717) is 35.7 Å². The van der Waals surface area contributed by atoms with Crippen LogP contribution in [0.2, 0.25) is 0 Å². The van der Waals surface area contributed by atoms with Gasteiger partial charge in [-0.15, -0.1) is 0 Å². The summed E-state index contributed by atoms with van der Waals surface area (Å²) in [6.07, 6.45) is 10.2. The van der Waals surface area contributed by atoms with Crippen LogP contribution in [0.3, 0.4) is 0 Å². The molecule has 2 saturated carbocycles. The highest BCUT2D eigenvalue weighted by atomic mass is 19.3. The Bertz CT molecular complexity index is 2310. The molecule has 2 aliphatic carbocycles. The topological polar surface area (TPSA) is 171 Å². The Kier molecular flexibility index (Phi) is 11.9. The van der Waals surface area contributed by atoms with Crippen molar-refractivity contribution in [3.8, 4) is 11.5 Å². The molecule has 0 radical (unpaired) electrons. The highest BCUT2D eigenvalue weighted by molar-refractivity contribution is 6.09. The van der Waals surface area contributed by atoms with Gasteiger partial charge in [0.05, 0.1) is 23.6 Å². The number of likely N-dealkylation sites (N-methyl/N-ethyl adjacent to an activating group) is 1. The number of alkyl halides is 2. The normalized spacial score (nSPS) is 23.6. The van der Waals surface area contributed by atoms with Gasteiger partial charge in [-0.1, -0.05) is 12.1 Å². The molecule has 328 valence electrons. The first-order valence-electron chi connectivity index (χ1n) is 22.0. The monoisotopic (exact) mass is 852 g/mol. The number of carbonyl (C=O) groups excluding carboxylic acids is 4.